The lowest BCUT2D eigenvalue weighted by Crippen LogP contribution is -2.25. The summed E-state index contributed by atoms with van der Waals surface area (Å²) in [5.74, 6) is 0.531. The lowest BCUT2D eigenvalue weighted by molar-refractivity contribution is -0.117. The van der Waals surface area contributed by atoms with Gasteiger partial charge in [0, 0.05) is 29.9 Å². The lowest BCUT2D eigenvalue weighted by atomic mass is 10.2. The van der Waals surface area contributed by atoms with Crippen molar-refractivity contribution in [3.05, 3.63) is 78.1 Å². The zero-order chi connectivity index (χ0) is 20.2. The van der Waals surface area contributed by atoms with Gasteiger partial charge in [0.05, 0.1) is 11.9 Å². The zero-order valence-corrected chi connectivity index (χ0v) is 16.3. The van der Waals surface area contributed by atoms with Gasteiger partial charge in [-0.05, 0) is 60.7 Å². The van der Waals surface area contributed by atoms with Crippen molar-refractivity contribution >= 4 is 17.5 Å². The Morgan fingerprint density at radius 2 is 1.83 bits per heavy atom. The third-order valence-corrected chi connectivity index (χ3v) is 5.22. The number of carbonyl (C=O) groups is 2. The van der Waals surface area contributed by atoms with Gasteiger partial charge in [-0.1, -0.05) is 25.1 Å². The minimum Gasteiger partial charge on any atom is -0.352 e. The molecule has 4 rings (SSSR count). The van der Waals surface area contributed by atoms with Gasteiger partial charge in [0.25, 0.3) is 5.91 Å². The van der Waals surface area contributed by atoms with Crippen molar-refractivity contribution in [3.8, 4) is 5.69 Å². The normalized spacial score (nSPS) is 17.6. The maximum atomic E-state index is 12.3. The summed E-state index contributed by atoms with van der Waals surface area (Å²) in [7, 11) is 0. The second kappa shape index (κ2) is 8.31. The molecule has 2 unspecified atom stereocenters. The van der Waals surface area contributed by atoms with Crippen molar-refractivity contribution < 1.29 is 9.59 Å². The van der Waals surface area contributed by atoms with E-state index in [-0.39, 0.29) is 17.7 Å². The molecule has 2 N–H and O–H groups in total. The predicted octanol–water partition coefficient (Wildman–Crippen LogP) is 3.44. The Hall–Kier alpha value is -3.41. The monoisotopic (exact) mass is 388 g/mol. The number of para-hydroxylation sites is 1. The van der Waals surface area contributed by atoms with Crippen molar-refractivity contribution in [2.24, 2.45) is 11.8 Å². The molecule has 0 aliphatic heterocycles. The number of carbonyl (C=O) groups excluding carboxylic acids is 2. The molecule has 1 aliphatic rings. The predicted molar refractivity (Wildman–Crippen MR) is 112 cm³/mol. The minimum atomic E-state index is -0.130. The van der Waals surface area contributed by atoms with Gasteiger partial charge in [0.2, 0.25) is 5.91 Å². The highest BCUT2D eigenvalue weighted by atomic mass is 16.2. The number of nitrogens with zero attached hydrogens (tertiary/aromatic N) is 2. The molecule has 1 aromatic heterocycles. The Morgan fingerprint density at radius 1 is 1.10 bits per heavy atom. The van der Waals surface area contributed by atoms with Crippen molar-refractivity contribution in [1.29, 1.82) is 0 Å². The van der Waals surface area contributed by atoms with Crippen LogP contribution in [0.2, 0.25) is 0 Å². The zero-order valence-electron chi connectivity index (χ0n) is 16.3. The maximum absolute atomic E-state index is 12.3. The topological polar surface area (TPSA) is 76.0 Å². The van der Waals surface area contributed by atoms with E-state index in [4.69, 9.17) is 0 Å². The van der Waals surface area contributed by atoms with Crippen LogP contribution < -0.4 is 10.6 Å². The van der Waals surface area contributed by atoms with Crippen LogP contribution in [-0.4, -0.2) is 28.1 Å². The van der Waals surface area contributed by atoms with E-state index in [2.05, 4.69) is 22.7 Å². The van der Waals surface area contributed by atoms with Gasteiger partial charge in [-0.3, -0.25) is 9.59 Å². The summed E-state index contributed by atoms with van der Waals surface area (Å²) >= 11 is 0. The molecular weight excluding hydrogens is 364 g/mol. The van der Waals surface area contributed by atoms with E-state index in [1.54, 1.807) is 24.3 Å². The van der Waals surface area contributed by atoms with Crippen molar-refractivity contribution in [2.45, 2.75) is 19.8 Å². The fourth-order valence-electron chi connectivity index (χ4n) is 3.26. The van der Waals surface area contributed by atoms with Gasteiger partial charge in [0.1, 0.15) is 0 Å². The van der Waals surface area contributed by atoms with Crippen LogP contribution in [0.4, 0.5) is 5.69 Å². The van der Waals surface area contributed by atoms with Gasteiger partial charge in [-0.25, -0.2) is 4.68 Å². The van der Waals surface area contributed by atoms with Crippen LogP contribution >= 0.6 is 0 Å². The molecule has 2 aromatic carbocycles. The first-order valence-corrected chi connectivity index (χ1v) is 9.88. The minimum absolute atomic E-state index is 0.0609. The standard InChI is InChI=1S/C23H24N4O2/c1-16-13-21(16)23(29)26-19-9-7-18(8-10-19)22(28)24-12-11-17-14-25-27(15-17)20-5-3-2-4-6-20/h2-10,14-16,21H,11-13H2,1H3,(H,24,28)(H,26,29). The molecule has 0 bridgehead atoms. The summed E-state index contributed by atoms with van der Waals surface area (Å²) < 4.78 is 1.83. The van der Waals surface area contributed by atoms with E-state index >= 15 is 0 Å². The smallest absolute Gasteiger partial charge is 0.251 e. The number of hydrogen-bond acceptors (Lipinski definition) is 3. The molecule has 1 aliphatic carbocycles. The van der Waals surface area contributed by atoms with Gasteiger partial charge in [-0.15, -0.1) is 0 Å². The molecule has 1 heterocycles. The highest BCUT2D eigenvalue weighted by Gasteiger charge is 2.39. The number of rotatable bonds is 7. The molecule has 0 radical (unpaired) electrons. The van der Waals surface area contributed by atoms with Crippen LogP contribution in [0.5, 0.6) is 0 Å². The third kappa shape index (κ3) is 4.71. The fraction of sp³-hybridized carbons (Fsp3) is 0.261. The van der Waals surface area contributed by atoms with E-state index in [9.17, 15) is 9.59 Å². The molecule has 2 amide bonds. The summed E-state index contributed by atoms with van der Waals surface area (Å²) in [6.45, 7) is 2.60. The first-order valence-electron chi connectivity index (χ1n) is 9.88. The molecule has 0 saturated heterocycles. The summed E-state index contributed by atoms with van der Waals surface area (Å²) in [5, 5.41) is 10.2. The van der Waals surface area contributed by atoms with Crippen LogP contribution in [0, 0.1) is 11.8 Å². The second-order valence-corrected chi connectivity index (χ2v) is 7.52. The molecule has 148 valence electrons. The van der Waals surface area contributed by atoms with Crippen LogP contribution in [0.3, 0.4) is 0 Å². The Kier molecular flexibility index (Phi) is 5.42. The van der Waals surface area contributed by atoms with Gasteiger partial charge in [-0.2, -0.15) is 5.10 Å². The van der Waals surface area contributed by atoms with E-state index in [0.717, 1.165) is 23.4 Å². The number of amides is 2. The van der Waals surface area contributed by atoms with Crippen molar-refractivity contribution in [2.75, 3.05) is 11.9 Å². The van der Waals surface area contributed by atoms with Crippen molar-refractivity contribution in [3.63, 3.8) is 0 Å². The number of benzene rings is 2. The number of nitrogens with one attached hydrogen (secondary N) is 2. The van der Waals surface area contributed by atoms with Crippen LogP contribution in [-0.2, 0) is 11.2 Å². The molecule has 1 fully saturated rings. The second-order valence-electron chi connectivity index (χ2n) is 7.52. The highest BCUT2D eigenvalue weighted by molar-refractivity contribution is 5.96. The van der Waals surface area contributed by atoms with Crippen LogP contribution in [0.15, 0.2) is 67.0 Å². The SMILES string of the molecule is CC1CC1C(=O)Nc1ccc(C(=O)NCCc2cnn(-c3ccccc3)c2)cc1. The molecule has 1 saturated carbocycles. The molecule has 6 nitrogen and oxygen atoms in total. The highest BCUT2D eigenvalue weighted by Crippen LogP contribution is 2.38. The Bertz CT molecular complexity index is 995. The molecule has 3 aromatic rings. The first kappa shape index (κ1) is 18.9. The summed E-state index contributed by atoms with van der Waals surface area (Å²) in [5.41, 5.74) is 3.36. The largest absolute Gasteiger partial charge is 0.352 e. The number of aromatic nitrogens is 2. The molecule has 6 heteroatoms. The van der Waals surface area contributed by atoms with Crippen LogP contribution in [0.1, 0.15) is 29.3 Å². The quantitative estimate of drug-likeness (QED) is 0.651. The van der Waals surface area contributed by atoms with Crippen molar-refractivity contribution in [1.82, 2.24) is 15.1 Å². The molecule has 2 atom stereocenters. The Labute approximate surface area is 169 Å². The van der Waals surface area contributed by atoms with E-state index in [1.165, 1.54) is 0 Å². The summed E-state index contributed by atoms with van der Waals surface area (Å²) in [4.78, 5) is 24.3. The van der Waals surface area contributed by atoms with Gasteiger partial charge < -0.3 is 10.6 Å². The summed E-state index contributed by atoms with van der Waals surface area (Å²) in [6, 6.07) is 16.9. The molecule has 29 heavy (non-hydrogen) atoms. The maximum Gasteiger partial charge on any atom is 0.251 e. The fourth-order valence-corrected chi connectivity index (χ4v) is 3.26. The molecule has 0 spiro atoms. The van der Waals surface area contributed by atoms with E-state index in [1.807, 2.05) is 47.4 Å². The average molecular weight is 388 g/mol. The number of hydrogen-bond donors (Lipinski definition) is 2. The van der Waals surface area contributed by atoms with Gasteiger partial charge in [0.15, 0.2) is 0 Å². The Morgan fingerprint density at radius 3 is 2.52 bits per heavy atom. The number of anilines is 1. The third-order valence-electron chi connectivity index (χ3n) is 5.22. The Balaban J connectivity index is 1.25. The van der Waals surface area contributed by atoms with E-state index in [0.29, 0.717) is 24.4 Å². The van der Waals surface area contributed by atoms with E-state index < -0.39 is 0 Å². The lowest BCUT2D eigenvalue weighted by Gasteiger charge is -2.07. The average Bonchev–Trinajstić information content (AvgIpc) is 3.29. The van der Waals surface area contributed by atoms with Gasteiger partial charge >= 0.3 is 0 Å². The van der Waals surface area contributed by atoms with Crippen LogP contribution in [0.25, 0.3) is 5.69 Å². The first-order chi connectivity index (χ1) is 14.1. The summed E-state index contributed by atoms with van der Waals surface area (Å²) in [6.07, 6.45) is 5.44. The molecular formula is C23H24N4O2.